The SMILES string of the molecule is CCCCCC(CC)C(=O)OCC1CCC(COC(=O)C(CC)CCCCC)O1. The van der Waals surface area contributed by atoms with E-state index in [2.05, 4.69) is 13.8 Å². The van der Waals surface area contributed by atoms with Crippen LogP contribution in [-0.2, 0) is 23.8 Å². The molecule has 29 heavy (non-hydrogen) atoms. The van der Waals surface area contributed by atoms with Gasteiger partial charge in [-0.2, -0.15) is 0 Å². The maximum Gasteiger partial charge on any atom is 0.309 e. The Hall–Kier alpha value is -1.10. The van der Waals surface area contributed by atoms with Gasteiger partial charge in [-0.25, -0.2) is 0 Å². The molecule has 4 atom stereocenters. The third-order valence-corrected chi connectivity index (χ3v) is 5.98. The lowest BCUT2D eigenvalue weighted by molar-refractivity contribution is -0.156. The summed E-state index contributed by atoms with van der Waals surface area (Å²) >= 11 is 0. The van der Waals surface area contributed by atoms with Crippen LogP contribution in [0, 0.1) is 11.8 Å². The zero-order valence-electron chi connectivity index (χ0n) is 19.3. The van der Waals surface area contributed by atoms with Gasteiger partial charge in [-0.05, 0) is 38.5 Å². The lowest BCUT2D eigenvalue weighted by Crippen LogP contribution is -2.26. The Balaban J connectivity index is 2.26. The van der Waals surface area contributed by atoms with E-state index >= 15 is 0 Å². The summed E-state index contributed by atoms with van der Waals surface area (Å²) in [5.41, 5.74) is 0. The van der Waals surface area contributed by atoms with Crippen LogP contribution in [0.3, 0.4) is 0 Å². The number of esters is 2. The predicted molar refractivity (Wildman–Crippen MR) is 116 cm³/mol. The highest BCUT2D eigenvalue weighted by atomic mass is 16.6. The minimum absolute atomic E-state index is 0.00149. The molecule has 0 aromatic heterocycles. The van der Waals surface area contributed by atoms with E-state index in [1.54, 1.807) is 0 Å². The van der Waals surface area contributed by atoms with Crippen molar-refractivity contribution >= 4 is 11.9 Å². The lowest BCUT2D eigenvalue weighted by atomic mass is 9.99. The highest BCUT2D eigenvalue weighted by Crippen LogP contribution is 2.23. The van der Waals surface area contributed by atoms with Crippen LogP contribution in [-0.4, -0.2) is 37.4 Å². The summed E-state index contributed by atoms with van der Waals surface area (Å²) < 4.78 is 17.0. The Morgan fingerprint density at radius 1 is 0.759 bits per heavy atom. The van der Waals surface area contributed by atoms with Gasteiger partial charge in [-0.15, -0.1) is 0 Å². The van der Waals surface area contributed by atoms with Crippen molar-refractivity contribution in [3.05, 3.63) is 0 Å². The van der Waals surface area contributed by atoms with Gasteiger partial charge < -0.3 is 14.2 Å². The number of carbonyl (C=O) groups excluding carboxylic acids is 2. The molecular weight excluding hydrogens is 368 g/mol. The van der Waals surface area contributed by atoms with E-state index in [4.69, 9.17) is 14.2 Å². The zero-order chi connectivity index (χ0) is 21.5. The monoisotopic (exact) mass is 412 g/mol. The largest absolute Gasteiger partial charge is 0.463 e. The third kappa shape index (κ3) is 10.5. The molecular formula is C24H44O5. The number of ether oxygens (including phenoxy) is 3. The molecule has 1 heterocycles. The molecule has 5 heteroatoms. The van der Waals surface area contributed by atoms with Crippen molar-refractivity contribution in [1.29, 1.82) is 0 Å². The van der Waals surface area contributed by atoms with E-state index in [1.165, 1.54) is 0 Å². The van der Waals surface area contributed by atoms with E-state index in [-0.39, 0.29) is 36.0 Å². The van der Waals surface area contributed by atoms with Crippen LogP contribution in [0.2, 0.25) is 0 Å². The van der Waals surface area contributed by atoms with Gasteiger partial charge in [0.05, 0.1) is 24.0 Å². The Kier molecular flexibility index (Phi) is 14.0. The summed E-state index contributed by atoms with van der Waals surface area (Å²) in [6.45, 7) is 9.03. The molecule has 170 valence electrons. The molecule has 1 rings (SSSR count). The molecule has 0 radical (unpaired) electrons. The number of rotatable bonds is 16. The topological polar surface area (TPSA) is 61.8 Å². The van der Waals surface area contributed by atoms with Crippen molar-refractivity contribution in [2.45, 2.75) is 117 Å². The summed E-state index contributed by atoms with van der Waals surface area (Å²) in [6, 6.07) is 0. The molecule has 1 fully saturated rings. The Morgan fingerprint density at radius 3 is 1.52 bits per heavy atom. The normalized spacial score (nSPS) is 21.0. The Morgan fingerprint density at radius 2 is 1.17 bits per heavy atom. The van der Waals surface area contributed by atoms with Crippen molar-refractivity contribution in [3.8, 4) is 0 Å². The lowest BCUT2D eigenvalue weighted by Gasteiger charge is -2.18. The van der Waals surface area contributed by atoms with Crippen LogP contribution < -0.4 is 0 Å². The second kappa shape index (κ2) is 15.7. The van der Waals surface area contributed by atoms with E-state index in [9.17, 15) is 9.59 Å². The number of unbranched alkanes of at least 4 members (excludes halogenated alkanes) is 4. The van der Waals surface area contributed by atoms with Crippen molar-refractivity contribution in [3.63, 3.8) is 0 Å². The van der Waals surface area contributed by atoms with Crippen LogP contribution in [0.15, 0.2) is 0 Å². The van der Waals surface area contributed by atoms with Crippen molar-refractivity contribution in [2.24, 2.45) is 11.8 Å². The van der Waals surface area contributed by atoms with Crippen molar-refractivity contribution in [2.75, 3.05) is 13.2 Å². The van der Waals surface area contributed by atoms with E-state index in [1.807, 2.05) is 13.8 Å². The summed E-state index contributed by atoms with van der Waals surface area (Å²) in [5, 5.41) is 0. The summed E-state index contributed by atoms with van der Waals surface area (Å²) in [7, 11) is 0. The number of hydrogen-bond donors (Lipinski definition) is 0. The molecule has 0 aromatic rings. The van der Waals surface area contributed by atoms with Gasteiger partial charge in [-0.1, -0.05) is 66.2 Å². The Bertz CT molecular complexity index is 411. The average molecular weight is 413 g/mol. The van der Waals surface area contributed by atoms with Crippen molar-refractivity contribution in [1.82, 2.24) is 0 Å². The minimum atomic E-state index is -0.0973. The van der Waals surface area contributed by atoms with Crippen LogP contribution in [0.4, 0.5) is 0 Å². The molecule has 1 saturated heterocycles. The van der Waals surface area contributed by atoms with Gasteiger partial charge in [-0.3, -0.25) is 9.59 Å². The molecule has 1 aliphatic rings. The molecule has 5 nitrogen and oxygen atoms in total. The molecule has 0 bridgehead atoms. The molecule has 1 aliphatic heterocycles. The highest BCUT2D eigenvalue weighted by Gasteiger charge is 2.29. The second-order valence-electron chi connectivity index (χ2n) is 8.42. The molecule has 0 spiro atoms. The van der Waals surface area contributed by atoms with E-state index < -0.39 is 0 Å². The fourth-order valence-corrected chi connectivity index (χ4v) is 3.87. The molecule has 0 N–H and O–H groups in total. The third-order valence-electron chi connectivity index (χ3n) is 5.98. The van der Waals surface area contributed by atoms with Gasteiger partial charge in [0.25, 0.3) is 0 Å². The average Bonchev–Trinajstić information content (AvgIpc) is 3.19. The second-order valence-corrected chi connectivity index (χ2v) is 8.42. The predicted octanol–water partition coefficient (Wildman–Crippen LogP) is 5.83. The highest BCUT2D eigenvalue weighted by molar-refractivity contribution is 5.72. The first-order valence-electron chi connectivity index (χ1n) is 12.0. The standard InChI is InChI=1S/C24H44O5/c1-5-9-11-13-19(7-3)23(25)27-17-21-15-16-22(29-21)18-28-24(26)20(8-4)14-12-10-6-2/h19-22H,5-18H2,1-4H3. The summed E-state index contributed by atoms with van der Waals surface area (Å²) in [6.07, 6.45) is 11.8. The maximum absolute atomic E-state index is 12.3. The smallest absolute Gasteiger partial charge is 0.309 e. The first-order valence-corrected chi connectivity index (χ1v) is 12.0. The summed E-state index contributed by atoms with van der Waals surface area (Å²) in [5.74, 6) is -0.198. The van der Waals surface area contributed by atoms with E-state index in [0.717, 1.165) is 77.0 Å². The fourth-order valence-electron chi connectivity index (χ4n) is 3.87. The molecule has 4 unspecified atom stereocenters. The van der Waals surface area contributed by atoms with Gasteiger partial charge in [0.1, 0.15) is 13.2 Å². The molecule has 0 amide bonds. The van der Waals surface area contributed by atoms with Gasteiger partial charge in [0.2, 0.25) is 0 Å². The maximum atomic E-state index is 12.3. The molecule has 0 aliphatic carbocycles. The zero-order valence-corrected chi connectivity index (χ0v) is 19.3. The minimum Gasteiger partial charge on any atom is -0.463 e. The molecule has 0 saturated carbocycles. The first kappa shape index (κ1) is 25.9. The molecule has 0 aromatic carbocycles. The van der Waals surface area contributed by atoms with Crippen LogP contribution in [0.1, 0.15) is 105 Å². The van der Waals surface area contributed by atoms with Crippen molar-refractivity contribution < 1.29 is 23.8 Å². The quantitative estimate of drug-likeness (QED) is 0.236. The summed E-state index contributed by atoms with van der Waals surface area (Å²) in [4.78, 5) is 24.6. The number of carbonyl (C=O) groups is 2. The number of hydrogen-bond acceptors (Lipinski definition) is 5. The van der Waals surface area contributed by atoms with Gasteiger partial charge in [0.15, 0.2) is 0 Å². The van der Waals surface area contributed by atoms with E-state index in [0.29, 0.717) is 13.2 Å². The van der Waals surface area contributed by atoms with Crippen LogP contribution >= 0.6 is 0 Å². The van der Waals surface area contributed by atoms with Gasteiger partial charge >= 0.3 is 11.9 Å². The van der Waals surface area contributed by atoms with Crippen LogP contribution in [0.5, 0.6) is 0 Å². The van der Waals surface area contributed by atoms with Crippen LogP contribution in [0.25, 0.3) is 0 Å². The first-order chi connectivity index (χ1) is 14.0. The fraction of sp³-hybridized carbons (Fsp3) is 0.917. The van der Waals surface area contributed by atoms with Gasteiger partial charge in [0, 0.05) is 0 Å². The Labute approximate surface area is 178 Å².